The van der Waals surface area contributed by atoms with Crippen molar-refractivity contribution in [3.05, 3.63) is 12.2 Å². The Kier molecular flexibility index (Phi) is 3.43. The van der Waals surface area contributed by atoms with E-state index in [2.05, 4.69) is 20.4 Å². The summed E-state index contributed by atoms with van der Waals surface area (Å²) in [6.07, 6.45) is 6.55. The van der Waals surface area contributed by atoms with Crippen LogP contribution in [0.5, 0.6) is 0 Å². The van der Waals surface area contributed by atoms with E-state index in [1.54, 1.807) is 0 Å². The van der Waals surface area contributed by atoms with Gasteiger partial charge < -0.3 is 9.84 Å². The highest BCUT2D eigenvalue weighted by molar-refractivity contribution is 6.04. The summed E-state index contributed by atoms with van der Waals surface area (Å²) in [6, 6.07) is 0. The van der Waals surface area contributed by atoms with Crippen molar-refractivity contribution in [2.75, 3.05) is 7.11 Å². The number of rotatable bonds is 1. The second-order valence-electron chi connectivity index (χ2n) is 9.62. The topological polar surface area (TPSA) is 63.6 Å². The highest BCUT2D eigenvalue weighted by Gasteiger charge is 2.71. The van der Waals surface area contributed by atoms with Crippen LogP contribution >= 0.6 is 0 Å². The summed E-state index contributed by atoms with van der Waals surface area (Å²) in [5, 5.41) is 10.9. The molecule has 4 aliphatic carbocycles. The van der Waals surface area contributed by atoms with Gasteiger partial charge in [0.2, 0.25) is 0 Å². The highest BCUT2D eigenvalue weighted by Crippen LogP contribution is 2.71. The summed E-state index contributed by atoms with van der Waals surface area (Å²) in [7, 11) is 1.48. The number of Topliss-reactive ketones (excluding diaryl/α,β-unsaturated/α-hetero) is 1. The largest absolute Gasteiger partial charge is 0.469 e. The van der Waals surface area contributed by atoms with E-state index in [-0.39, 0.29) is 29.0 Å². The molecule has 0 radical (unpaired) electrons. The molecule has 1 spiro atoms. The standard InChI is InChI=1S/C21H30O4/c1-13-16(22)20-10-6-14-18(2,15(20)7-11-21(13,24)12-20)8-5-9-19(14,3)17(23)25-4/h14-15,24H,1,5-12H2,2-4H3/t14-,15-,18+,19+,20+,21-/m1/s1. The zero-order valence-electron chi connectivity index (χ0n) is 15.7. The van der Waals surface area contributed by atoms with E-state index in [0.717, 1.165) is 38.5 Å². The predicted octanol–water partition coefficient (Wildman–Crippen LogP) is 3.42. The highest BCUT2D eigenvalue weighted by atomic mass is 16.5. The van der Waals surface area contributed by atoms with Crippen molar-refractivity contribution in [2.45, 2.75) is 70.8 Å². The molecule has 0 aromatic heterocycles. The molecule has 6 atom stereocenters. The number of methoxy groups -OCH3 is 1. The van der Waals surface area contributed by atoms with Gasteiger partial charge in [-0.2, -0.15) is 0 Å². The molecule has 0 heterocycles. The zero-order chi connectivity index (χ0) is 18.3. The lowest BCUT2D eigenvalue weighted by Gasteiger charge is -2.63. The van der Waals surface area contributed by atoms with Gasteiger partial charge in [0.25, 0.3) is 0 Å². The predicted molar refractivity (Wildman–Crippen MR) is 93.7 cm³/mol. The maximum absolute atomic E-state index is 13.2. The Balaban J connectivity index is 1.78. The molecule has 4 fully saturated rings. The molecule has 2 bridgehead atoms. The Labute approximate surface area is 150 Å². The van der Waals surface area contributed by atoms with E-state index < -0.39 is 16.4 Å². The number of hydrogen-bond acceptors (Lipinski definition) is 4. The fourth-order valence-corrected chi connectivity index (χ4v) is 7.60. The fourth-order valence-electron chi connectivity index (χ4n) is 7.60. The van der Waals surface area contributed by atoms with Gasteiger partial charge >= 0.3 is 5.97 Å². The molecule has 138 valence electrons. The Hall–Kier alpha value is -1.16. The first-order chi connectivity index (χ1) is 11.6. The lowest BCUT2D eigenvalue weighted by Crippen LogP contribution is -2.60. The van der Waals surface area contributed by atoms with Crippen LogP contribution in [0.4, 0.5) is 0 Å². The van der Waals surface area contributed by atoms with Crippen molar-refractivity contribution in [3.63, 3.8) is 0 Å². The van der Waals surface area contributed by atoms with Crippen LogP contribution in [0.25, 0.3) is 0 Å². The average molecular weight is 346 g/mol. The molecule has 0 aromatic carbocycles. The van der Waals surface area contributed by atoms with E-state index in [0.29, 0.717) is 18.4 Å². The molecule has 4 aliphatic rings. The summed E-state index contributed by atoms with van der Waals surface area (Å²) in [5.41, 5.74) is -1.53. The van der Waals surface area contributed by atoms with Crippen molar-refractivity contribution in [3.8, 4) is 0 Å². The molecule has 0 saturated heterocycles. The summed E-state index contributed by atoms with van der Waals surface area (Å²) in [4.78, 5) is 25.8. The van der Waals surface area contributed by atoms with Gasteiger partial charge in [-0.1, -0.05) is 19.9 Å². The van der Waals surface area contributed by atoms with E-state index in [1.807, 2.05) is 0 Å². The number of aliphatic hydroxyl groups is 1. The third-order valence-corrected chi connectivity index (χ3v) is 8.71. The first kappa shape index (κ1) is 17.3. The first-order valence-corrected chi connectivity index (χ1v) is 9.69. The van der Waals surface area contributed by atoms with Crippen molar-refractivity contribution in [1.29, 1.82) is 0 Å². The van der Waals surface area contributed by atoms with Crippen LogP contribution in [-0.4, -0.2) is 29.6 Å². The lowest BCUT2D eigenvalue weighted by atomic mass is 9.40. The van der Waals surface area contributed by atoms with Crippen LogP contribution in [0.3, 0.4) is 0 Å². The molecule has 1 N–H and O–H groups in total. The van der Waals surface area contributed by atoms with Crippen molar-refractivity contribution >= 4 is 11.8 Å². The second-order valence-corrected chi connectivity index (χ2v) is 9.62. The van der Waals surface area contributed by atoms with Crippen LogP contribution in [0.15, 0.2) is 12.2 Å². The maximum Gasteiger partial charge on any atom is 0.311 e. The van der Waals surface area contributed by atoms with Crippen molar-refractivity contribution in [2.24, 2.45) is 28.1 Å². The minimum atomic E-state index is -0.989. The summed E-state index contributed by atoms with van der Waals surface area (Å²) in [5.74, 6) is 0.469. The second kappa shape index (κ2) is 4.97. The first-order valence-electron chi connectivity index (χ1n) is 9.69. The summed E-state index contributed by atoms with van der Waals surface area (Å²) < 4.78 is 5.18. The van der Waals surface area contributed by atoms with Crippen LogP contribution in [0.2, 0.25) is 0 Å². The van der Waals surface area contributed by atoms with Gasteiger partial charge in [0.05, 0.1) is 18.1 Å². The Bertz CT molecular complexity index is 669. The normalized spacial score (nSPS) is 51.7. The molecule has 0 aromatic rings. The lowest BCUT2D eigenvalue weighted by molar-refractivity contribution is -0.189. The van der Waals surface area contributed by atoms with Gasteiger partial charge in [0.1, 0.15) is 0 Å². The van der Waals surface area contributed by atoms with Crippen LogP contribution in [-0.2, 0) is 14.3 Å². The molecule has 4 rings (SSSR count). The minimum absolute atomic E-state index is 0.0545. The zero-order valence-corrected chi connectivity index (χ0v) is 15.7. The maximum atomic E-state index is 13.2. The number of ketones is 1. The van der Waals surface area contributed by atoms with Crippen molar-refractivity contribution in [1.82, 2.24) is 0 Å². The SMILES string of the molecule is C=C1C(=O)[C@]23CC[C@@H]4[C@](C)(CCC[C@]4(C)C(=O)OC)[C@H]2CC[C@@]1(O)C3. The minimum Gasteiger partial charge on any atom is -0.469 e. The van der Waals surface area contributed by atoms with Gasteiger partial charge in [-0.15, -0.1) is 0 Å². The van der Waals surface area contributed by atoms with Crippen LogP contribution in [0.1, 0.15) is 65.2 Å². The van der Waals surface area contributed by atoms with E-state index in [4.69, 9.17) is 4.74 Å². The molecule has 25 heavy (non-hydrogen) atoms. The smallest absolute Gasteiger partial charge is 0.311 e. The van der Waals surface area contributed by atoms with Gasteiger partial charge in [0.15, 0.2) is 5.78 Å². The van der Waals surface area contributed by atoms with Crippen LogP contribution in [0, 0.1) is 28.1 Å². The fraction of sp³-hybridized carbons (Fsp3) is 0.810. The molecule has 4 saturated carbocycles. The number of fused-ring (bicyclic) bond motifs is 3. The molecule has 0 aliphatic heterocycles. The summed E-state index contributed by atoms with van der Waals surface area (Å²) >= 11 is 0. The molecular formula is C21H30O4. The third-order valence-electron chi connectivity index (χ3n) is 8.71. The molecular weight excluding hydrogens is 316 g/mol. The molecule has 0 amide bonds. The van der Waals surface area contributed by atoms with Gasteiger partial charge in [-0.3, -0.25) is 9.59 Å². The number of carbonyl (C=O) groups excluding carboxylic acids is 2. The van der Waals surface area contributed by atoms with E-state index in [9.17, 15) is 14.7 Å². The van der Waals surface area contributed by atoms with Crippen molar-refractivity contribution < 1.29 is 19.4 Å². The molecule has 4 heteroatoms. The number of hydrogen-bond donors (Lipinski definition) is 1. The summed E-state index contributed by atoms with van der Waals surface area (Å²) in [6.45, 7) is 8.32. The Morgan fingerprint density at radius 3 is 2.52 bits per heavy atom. The van der Waals surface area contributed by atoms with Gasteiger partial charge in [0, 0.05) is 11.0 Å². The van der Waals surface area contributed by atoms with Crippen LogP contribution < -0.4 is 0 Å². The number of esters is 1. The van der Waals surface area contributed by atoms with E-state index >= 15 is 0 Å². The molecule has 0 unspecified atom stereocenters. The average Bonchev–Trinajstić information content (AvgIpc) is 2.71. The number of ether oxygens (including phenoxy) is 1. The van der Waals surface area contributed by atoms with E-state index in [1.165, 1.54) is 7.11 Å². The quantitative estimate of drug-likeness (QED) is 0.584. The third kappa shape index (κ3) is 1.87. The Morgan fingerprint density at radius 2 is 1.84 bits per heavy atom. The molecule has 4 nitrogen and oxygen atoms in total. The Morgan fingerprint density at radius 1 is 1.16 bits per heavy atom. The number of carbonyl (C=O) groups is 2. The van der Waals surface area contributed by atoms with Gasteiger partial charge in [-0.05, 0) is 69.1 Å². The monoisotopic (exact) mass is 346 g/mol. The van der Waals surface area contributed by atoms with Gasteiger partial charge in [-0.25, -0.2) is 0 Å².